The first-order valence-electron chi connectivity index (χ1n) is 5.69. The third kappa shape index (κ3) is 1.99. The zero-order valence-electron chi connectivity index (χ0n) is 9.92. The second kappa shape index (κ2) is 4.41. The molecule has 0 spiro atoms. The number of nitrogen functional groups attached to an aromatic ring is 1. The summed E-state index contributed by atoms with van der Waals surface area (Å²) < 4.78 is 0. The lowest BCUT2D eigenvalue weighted by molar-refractivity contribution is 1.13. The molecule has 6 nitrogen and oxygen atoms in total. The van der Waals surface area contributed by atoms with E-state index >= 15 is 0 Å². The monoisotopic (exact) mass is 253 g/mol. The van der Waals surface area contributed by atoms with Gasteiger partial charge in [-0.1, -0.05) is 18.2 Å². The number of nitrogens with two attached hydrogens (primary N) is 1. The summed E-state index contributed by atoms with van der Waals surface area (Å²) >= 11 is 0. The first kappa shape index (κ1) is 11.2. The third-order valence-electron chi connectivity index (χ3n) is 2.77. The smallest absolute Gasteiger partial charge is 0.276 e. The van der Waals surface area contributed by atoms with Crippen molar-refractivity contribution in [3.63, 3.8) is 0 Å². The number of para-hydroxylation sites is 1. The van der Waals surface area contributed by atoms with Crippen molar-refractivity contribution in [1.29, 1.82) is 0 Å². The van der Waals surface area contributed by atoms with Gasteiger partial charge >= 0.3 is 0 Å². The minimum Gasteiger partial charge on any atom is -0.391 e. The summed E-state index contributed by atoms with van der Waals surface area (Å²) in [5.74, 6) is 0.321. The van der Waals surface area contributed by atoms with Crippen LogP contribution in [0.4, 0.5) is 17.2 Å². The molecule has 19 heavy (non-hydrogen) atoms. The second-order valence-electron chi connectivity index (χ2n) is 4.00. The highest BCUT2D eigenvalue weighted by atomic mass is 16.1. The highest BCUT2D eigenvalue weighted by Crippen LogP contribution is 2.24. The van der Waals surface area contributed by atoms with Gasteiger partial charge < -0.3 is 16.0 Å². The Bertz CT molecular complexity index is 791. The Balaban J connectivity index is 2.11. The standard InChI is InChI=1S/C13H11N5O/c14-10-12(16-7-17-13(10)19)18-9-5-1-3-8-4-2-6-15-11(8)9/h1-7H,14H2,(H2,16,17,18,19). The molecule has 0 radical (unpaired) electrons. The molecule has 0 saturated carbocycles. The van der Waals surface area contributed by atoms with Crippen LogP contribution in [0.1, 0.15) is 0 Å². The summed E-state index contributed by atoms with van der Waals surface area (Å²) in [6, 6.07) is 9.55. The molecule has 4 N–H and O–H groups in total. The second-order valence-corrected chi connectivity index (χ2v) is 4.00. The number of aromatic amines is 1. The fourth-order valence-electron chi connectivity index (χ4n) is 1.84. The van der Waals surface area contributed by atoms with Crippen LogP contribution in [0.3, 0.4) is 0 Å². The van der Waals surface area contributed by atoms with Crippen LogP contribution >= 0.6 is 0 Å². The van der Waals surface area contributed by atoms with Crippen LogP contribution in [0.2, 0.25) is 0 Å². The number of fused-ring (bicyclic) bond motifs is 1. The molecule has 6 heteroatoms. The lowest BCUT2D eigenvalue weighted by Gasteiger charge is -2.09. The van der Waals surface area contributed by atoms with Crippen molar-refractivity contribution in [1.82, 2.24) is 15.0 Å². The van der Waals surface area contributed by atoms with E-state index in [1.54, 1.807) is 6.20 Å². The van der Waals surface area contributed by atoms with Gasteiger partial charge in [0.2, 0.25) is 0 Å². The first-order valence-corrected chi connectivity index (χ1v) is 5.69. The summed E-state index contributed by atoms with van der Waals surface area (Å²) in [5.41, 5.74) is 6.92. The van der Waals surface area contributed by atoms with Gasteiger partial charge in [-0.05, 0) is 12.1 Å². The Kier molecular flexibility index (Phi) is 2.60. The van der Waals surface area contributed by atoms with Crippen LogP contribution in [0.25, 0.3) is 10.9 Å². The van der Waals surface area contributed by atoms with Gasteiger partial charge in [-0.3, -0.25) is 9.78 Å². The van der Waals surface area contributed by atoms with E-state index in [1.165, 1.54) is 6.33 Å². The van der Waals surface area contributed by atoms with Crippen LogP contribution in [0, 0.1) is 0 Å². The van der Waals surface area contributed by atoms with E-state index in [2.05, 4.69) is 20.3 Å². The lowest BCUT2D eigenvalue weighted by atomic mass is 10.2. The molecule has 0 bridgehead atoms. The Hall–Kier alpha value is -2.89. The first-order chi connectivity index (χ1) is 9.25. The molecule has 0 aliphatic rings. The Morgan fingerprint density at radius 2 is 2.00 bits per heavy atom. The highest BCUT2D eigenvalue weighted by molar-refractivity contribution is 5.92. The van der Waals surface area contributed by atoms with Crippen LogP contribution in [-0.2, 0) is 0 Å². The lowest BCUT2D eigenvalue weighted by Crippen LogP contribution is -2.14. The molecule has 1 aromatic carbocycles. The molecular weight excluding hydrogens is 242 g/mol. The number of rotatable bonds is 2. The number of hydrogen-bond donors (Lipinski definition) is 3. The predicted molar refractivity (Wildman–Crippen MR) is 74.3 cm³/mol. The summed E-state index contributed by atoms with van der Waals surface area (Å²) in [6.45, 7) is 0. The van der Waals surface area contributed by atoms with E-state index in [0.29, 0.717) is 5.82 Å². The van der Waals surface area contributed by atoms with Crippen molar-refractivity contribution in [3.8, 4) is 0 Å². The summed E-state index contributed by atoms with van der Waals surface area (Å²) in [7, 11) is 0. The summed E-state index contributed by atoms with van der Waals surface area (Å²) in [5, 5.41) is 4.03. The molecule has 0 unspecified atom stereocenters. The van der Waals surface area contributed by atoms with Crippen LogP contribution < -0.4 is 16.6 Å². The molecule has 3 rings (SSSR count). The predicted octanol–water partition coefficient (Wildman–Crippen LogP) is 1.64. The van der Waals surface area contributed by atoms with Crippen LogP contribution in [-0.4, -0.2) is 15.0 Å². The van der Waals surface area contributed by atoms with Gasteiger partial charge in [0.25, 0.3) is 5.56 Å². The van der Waals surface area contributed by atoms with Crippen molar-refractivity contribution in [3.05, 3.63) is 53.2 Å². The van der Waals surface area contributed by atoms with Gasteiger partial charge in [0, 0.05) is 11.6 Å². The van der Waals surface area contributed by atoms with E-state index in [4.69, 9.17) is 5.73 Å². The number of anilines is 3. The normalized spacial score (nSPS) is 10.5. The molecule has 0 saturated heterocycles. The van der Waals surface area contributed by atoms with Crippen molar-refractivity contribution in [2.45, 2.75) is 0 Å². The minimum absolute atomic E-state index is 0.0513. The third-order valence-corrected chi connectivity index (χ3v) is 2.77. The van der Waals surface area contributed by atoms with Crippen molar-refractivity contribution >= 4 is 28.1 Å². The van der Waals surface area contributed by atoms with E-state index in [-0.39, 0.29) is 11.2 Å². The molecular formula is C13H11N5O. The Labute approximate surface area is 108 Å². The number of H-pyrrole nitrogens is 1. The maximum atomic E-state index is 11.4. The highest BCUT2D eigenvalue weighted by Gasteiger charge is 2.07. The molecule has 0 atom stereocenters. The van der Waals surface area contributed by atoms with E-state index in [1.807, 2.05) is 30.3 Å². The van der Waals surface area contributed by atoms with Gasteiger partial charge in [-0.25, -0.2) is 4.98 Å². The molecule has 2 heterocycles. The van der Waals surface area contributed by atoms with Gasteiger partial charge in [-0.2, -0.15) is 0 Å². The number of nitrogens with one attached hydrogen (secondary N) is 2. The number of pyridine rings is 1. The quantitative estimate of drug-likeness (QED) is 0.645. The SMILES string of the molecule is Nc1c(Nc2cccc3cccnc23)nc[nH]c1=O. The minimum atomic E-state index is -0.370. The van der Waals surface area contributed by atoms with Gasteiger partial charge in [0.05, 0.1) is 17.5 Å². The molecule has 2 aromatic heterocycles. The summed E-state index contributed by atoms with van der Waals surface area (Å²) in [6.07, 6.45) is 3.02. The van der Waals surface area contributed by atoms with Crippen LogP contribution in [0.5, 0.6) is 0 Å². The van der Waals surface area contributed by atoms with Gasteiger partial charge in [0.15, 0.2) is 5.82 Å². The summed E-state index contributed by atoms with van der Waals surface area (Å²) in [4.78, 5) is 22.2. The maximum Gasteiger partial charge on any atom is 0.276 e. The molecule has 0 fully saturated rings. The average Bonchev–Trinajstić information content (AvgIpc) is 2.44. The van der Waals surface area contributed by atoms with E-state index in [0.717, 1.165) is 16.6 Å². The Morgan fingerprint density at radius 3 is 2.89 bits per heavy atom. The fourth-order valence-corrected chi connectivity index (χ4v) is 1.84. The van der Waals surface area contributed by atoms with Crippen LogP contribution in [0.15, 0.2) is 47.7 Å². The number of benzene rings is 1. The van der Waals surface area contributed by atoms with Gasteiger partial charge in [0.1, 0.15) is 5.69 Å². The van der Waals surface area contributed by atoms with Crippen molar-refractivity contribution in [2.75, 3.05) is 11.1 Å². The molecule has 0 aliphatic carbocycles. The number of nitrogens with zero attached hydrogens (tertiary/aromatic N) is 2. The average molecular weight is 253 g/mol. The molecule has 0 aliphatic heterocycles. The number of aromatic nitrogens is 3. The topological polar surface area (TPSA) is 96.7 Å². The zero-order valence-corrected chi connectivity index (χ0v) is 9.92. The Morgan fingerprint density at radius 1 is 1.16 bits per heavy atom. The van der Waals surface area contributed by atoms with E-state index < -0.39 is 0 Å². The van der Waals surface area contributed by atoms with Crippen molar-refractivity contribution in [2.24, 2.45) is 0 Å². The maximum absolute atomic E-state index is 11.4. The molecule has 3 aromatic rings. The zero-order chi connectivity index (χ0) is 13.2. The fraction of sp³-hybridized carbons (Fsp3) is 0. The van der Waals surface area contributed by atoms with E-state index in [9.17, 15) is 4.79 Å². The molecule has 0 amide bonds. The van der Waals surface area contributed by atoms with Gasteiger partial charge in [-0.15, -0.1) is 0 Å². The number of hydrogen-bond acceptors (Lipinski definition) is 5. The van der Waals surface area contributed by atoms with Crippen molar-refractivity contribution < 1.29 is 0 Å². The largest absolute Gasteiger partial charge is 0.391 e. The molecule has 94 valence electrons.